The van der Waals surface area contributed by atoms with Gasteiger partial charge in [0.15, 0.2) is 0 Å². The fourth-order valence-electron chi connectivity index (χ4n) is 0.970. The second-order valence-electron chi connectivity index (χ2n) is 3.37. The topological polar surface area (TPSA) is 57.8 Å². The molecule has 2 unspecified atom stereocenters. The van der Waals surface area contributed by atoms with Gasteiger partial charge in [0.1, 0.15) is 5.69 Å². The third-order valence-corrected chi connectivity index (χ3v) is 2.48. The van der Waals surface area contributed by atoms with Gasteiger partial charge in [-0.25, -0.2) is 0 Å². The van der Waals surface area contributed by atoms with E-state index in [1.165, 1.54) is 0 Å². The molecule has 0 aromatic carbocycles. The monoisotopic (exact) mass is 215 g/mol. The van der Waals surface area contributed by atoms with Crippen molar-refractivity contribution in [2.24, 2.45) is 0 Å². The van der Waals surface area contributed by atoms with Gasteiger partial charge in [-0.2, -0.15) is 5.10 Å². The Hall–Kier alpha value is -1.03. The first-order valence-corrected chi connectivity index (χ1v) is 4.91. The maximum absolute atomic E-state index is 11.6. The van der Waals surface area contributed by atoms with E-state index >= 15 is 0 Å². The molecule has 0 saturated heterocycles. The number of hydrogen-bond acceptors (Lipinski definition) is 2. The Morgan fingerprint density at radius 3 is 2.71 bits per heavy atom. The van der Waals surface area contributed by atoms with Crippen LogP contribution < -0.4 is 5.32 Å². The third-order valence-electron chi connectivity index (χ3n) is 2.10. The van der Waals surface area contributed by atoms with E-state index in [0.29, 0.717) is 5.69 Å². The zero-order chi connectivity index (χ0) is 10.7. The quantitative estimate of drug-likeness (QED) is 0.751. The van der Waals surface area contributed by atoms with Crippen LogP contribution in [0.2, 0.25) is 0 Å². The van der Waals surface area contributed by atoms with Crippen LogP contribution in [0.5, 0.6) is 0 Å². The van der Waals surface area contributed by atoms with Gasteiger partial charge in [-0.05, 0) is 26.3 Å². The van der Waals surface area contributed by atoms with Gasteiger partial charge in [-0.3, -0.25) is 9.89 Å². The van der Waals surface area contributed by atoms with Crippen molar-refractivity contribution < 1.29 is 4.79 Å². The average Bonchev–Trinajstić information content (AvgIpc) is 2.51. The third kappa shape index (κ3) is 2.48. The number of amides is 1. The Morgan fingerprint density at radius 2 is 2.29 bits per heavy atom. The largest absolute Gasteiger partial charge is 0.347 e. The molecule has 14 heavy (non-hydrogen) atoms. The van der Waals surface area contributed by atoms with E-state index < -0.39 is 0 Å². The van der Waals surface area contributed by atoms with Crippen molar-refractivity contribution in [1.82, 2.24) is 15.5 Å². The number of aromatic nitrogens is 2. The number of rotatable bonds is 3. The highest BCUT2D eigenvalue weighted by molar-refractivity contribution is 6.21. The van der Waals surface area contributed by atoms with E-state index in [0.717, 1.165) is 5.56 Å². The summed E-state index contributed by atoms with van der Waals surface area (Å²) in [5, 5.41) is 9.11. The lowest BCUT2D eigenvalue weighted by molar-refractivity contribution is 0.0934. The highest BCUT2D eigenvalue weighted by Gasteiger charge is 2.16. The van der Waals surface area contributed by atoms with E-state index in [9.17, 15) is 4.79 Å². The molecular weight excluding hydrogens is 202 g/mol. The molecule has 4 nitrogen and oxygen atoms in total. The number of aryl methyl sites for hydroxylation is 1. The molecule has 1 heterocycles. The van der Waals surface area contributed by atoms with Crippen molar-refractivity contribution in [1.29, 1.82) is 0 Å². The summed E-state index contributed by atoms with van der Waals surface area (Å²) >= 11 is 5.83. The second-order valence-corrected chi connectivity index (χ2v) is 4.06. The normalized spacial score (nSPS) is 14.9. The molecule has 0 fully saturated rings. The molecule has 0 aliphatic rings. The number of carbonyl (C=O) groups is 1. The van der Waals surface area contributed by atoms with Crippen LogP contribution in [0.15, 0.2) is 6.20 Å². The summed E-state index contributed by atoms with van der Waals surface area (Å²) < 4.78 is 0. The molecule has 1 rings (SSSR count). The number of H-pyrrole nitrogens is 1. The number of nitrogens with one attached hydrogen (secondary N) is 2. The van der Waals surface area contributed by atoms with E-state index in [-0.39, 0.29) is 17.3 Å². The van der Waals surface area contributed by atoms with Crippen LogP contribution in [0.4, 0.5) is 0 Å². The summed E-state index contributed by atoms with van der Waals surface area (Å²) in [5.41, 5.74) is 1.33. The first-order chi connectivity index (χ1) is 6.52. The van der Waals surface area contributed by atoms with Crippen LogP contribution >= 0.6 is 11.6 Å². The van der Waals surface area contributed by atoms with Gasteiger partial charge in [0.25, 0.3) is 5.91 Å². The molecule has 1 amide bonds. The van der Waals surface area contributed by atoms with Crippen molar-refractivity contribution in [3.05, 3.63) is 17.5 Å². The van der Waals surface area contributed by atoms with E-state index in [1.54, 1.807) is 6.20 Å². The SMILES string of the molecule is Cc1cn[nH]c1C(=O)NC(C)C(C)Cl. The lowest BCUT2D eigenvalue weighted by Crippen LogP contribution is -2.38. The van der Waals surface area contributed by atoms with Crippen molar-refractivity contribution in [3.63, 3.8) is 0 Å². The minimum Gasteiger partial charge on any atom is -0.347 e. The van der Waals surface area contributed by atoms with Crippen LogP contribution in [0, 0.1) is 6.92 Å². The van der Waals surface area contributed by atoms with E-state index in [1.807, 2.05) is 20.8 Å². The standard InChI is InChI=1S/C9H14ClN3O/c1-5-4-11-13-8(5)9(14)12-7(3)6(2)10/h4,6-7H,1-3H3,(H,11,13)(H,12,14). The molecular formula is C9H14ClN3O. The molecule has 2 atom stereocenters. The number of hydrogen-bond donors (Lipinski definition) is 2. The molecule has 0 aliphatic heterocycles. The summed E-state index contributed by atoms with van der Waals surface area (Å²) in [6, 6.07) is -0.0631. The maximum atomic E-state index is 11.6. The van der Waals surface area contributed by atoms with Crippen molar-refractivity contribution in [2.75, 3.05) is 0 Å². The van der Waals surface area contributed by atoms with Gasteiger partial charge in [0, 0.05) is 6.04 Å². The number of halogens is 1. The van der Waals surface area contributed by atoms with Crippen LogP contribution in [-0.2, 0) is 0 Å². The van der Waals surface area contributed by atoms with Gasteiger partial charge >= 0.3 is 0 Å². The molecule has 0 radical (unpaired) electrons. The highest BCUT2D eigenvalue weighted by atomic mass is 35.5. The number of carbonyl (C=O) groups excluding carboxylic acids is 1. The van der Waals surface area contributed by atoms with Gasteiger partial charge in [-0.15, -0.1) is 11.6 Å². The van der Waals surface area contributed by atoms with Gasteiger partial charge in [0.2, 0.25) is 0 Å². The number of aromatic amines is 1. The van der Waals surface area contributed by atoms with Crippen LogP contribution in [0.25, 0.3) is 0 Å². The molecule has 0 bridgehead atoms. The van der Waals surface area contributed by atoms with E-state index in [4.69, 9.17) is 11.6 Å². The van der Waals surface area contributed by atoms with Gasteiger partial charge in [0.05, 0.1) is 11.6 Å². The molecule has 0 saturated carbocycles. The molecule has 2 N–H and O–H groups in total. The van der Waals surface area contributed by atoms with Gasteiger partial charge < -0.3 is 5.32 Å². The van der Waals surface area contributed by atoms with E-state index in [2.05, 4.69) is 15.5 Å². The zero-order valence-electron chi connectivity index (χ0n) is 8.47. The first kappa shape index (κ1) is 11.0. The molecule has 5 heteroatoms. The molecule has 1 aromatic rings. The lowest BCUT2D eigenvalue weighted by Gasteiger charge is -2.15. The Kier molecular flexibility index (Phi) is 3.52. The highest BCUT2D eigenvalue weighted by Crippen LogP contribution is 2.05. The minimum absolute atomic E-state index is 0.0631. The number of alkyl halides is 1. The maximum Gasteiger partial charge on any atom is 0.269 e. The smallest absolute Gasteiger partial charge is 0.269 e. The van der Waals surface area contributed by atoms with Gasteiger partial charge in [-0.1, -0.05) is 0 Å². The molecule has 1 aromatic heterocycles. The predicted molar refractivity (Wildman–Crippen MR) is 55.6 cm³/mol. The molecule has 0 aliphatic carbocycles. The Balaban J connectivity index is 2.64. The van der Waals surface area contributed by atoms with Crippen molar-refractivity contribution >= 4 is 17.5 Å². The Bertz CT molecular complexity index is 322. The molecule has 78 valence electrons. The average molecular weight is 216 g/mol. The zero-order valence-corrected chi connectivity index (χ0v) is 9.22. The second kappa shape index (κ2) is 4.46. The first-order valence-electron chi connectivity index (χ1n) is 4.47. The fraction of sp³-hybridized carbons (Fsp3) is 0.556. The summed E-state index contributed by atoms with van der Waals surface area (Å²) in [7, 11) is 0. The Labute approximate surface area is 88.0 Å². The summed E-state index contributed by atoms with van der Waals surface area (Å²) in [5.74, 6) is -0.167. The van der Waals surface area contributed by atoms with Crippen LogP contribution in [0.1, 0.15) is 29.9 Å². The molecule has 0 spiro atoms. The Morgan fingerprint density at radius 1 is 1.64 bits per heavy atom. The van der Waals surface area contributed by atoms with Crippen molar-refractivity contribution in [3.8, 4) is 0 Å². The van der Waals surface area contributed by atoms with Crippen LogP contribution in [0.3, 0.4) is 0 Å². The summed E-state index contributed by atoms with van der Waals surface area (Å²) in [4.78, 5) is 11.6. The summed E-state index contributed by atoms with van der Waals surface area (Å²) in [6.07, 6.45) is 1.61. The predicted octanol–water partition coefficient (Wildman–Crippen LogP) is 1.46. The minimum atomic E-state index is -0.167. The fourth-order valence-corrected chi connectivity index (χ4v) is 1.03. The van der Waals surface area contributed by atoms with Crippen LogP contribution in [-0.4, -0.2) is 27.5 Å². The number of nitrogens with zero attached hydrogens (tertiary/aromatic N) is 1. The lowest BCUT2D eigenvalue weighted by atomic mass is 10.2. The van der Waals surface area contributed by atoms with Crippen molar-refractivity contribution in [2.45, 2.75) is 32.2 Å². The summed E-state index contributed by atoms with van der Waals surface area (Å²) in [6.45, 7) is 5.53.